The Bertz CT molecular complexity index is 645. The van der Waals surface area contributed by atoms with E-state index in [2.05, 4.69) is 27.9 Å². The number of nitrogens with one attached hydrogen (secondary N) is 1. The average Bonchev–Trinajstić information content (AvgIpc) is 2.54. The lowest BCUT2D eigenvalue weighted by Gasteiger charge is -2.12. The molecular formula is C18H21IN2O2. The molecule has 5 heteroatoms. The summed E-state index contributed by atoms with van der Waals surface area (Å²) in [6.45, 7) is 1.97. The van der Waals surface area contributed by atoms with Crippen LogP contribution in [0.5, 0.6) is 5.75 Å². The highest BCUT2D eigenvalue weighted by Crippen LogP contribution is 2.23. The summed E-state index contributed by atoms with van der Waals surface area (Å²) in [5.74, 6) is 0.735. The molecule has 0 spiro atoms. The molecule has 2 aromatic carbocycles. The number of hydrogen-bond donors (Lipinski definition) is 1. The smallest absolute Gasteiger partial charge is 0.251 e. The molecule has 0 atom stereocenters. The van der Waals surface area contributed by atoms with Crippen LogP contribution in [-0.4, -0.2) is 38.0 Å². The van der Waals surface area contributed by atoms with Gasteiger partial charge in [0.2, 0.25) is 0 Å². The lowest BCUT2D eigenvalue weighted by atomic mass is 10.2. The van der Waals surface area contributed by atoms with E-state index in [1.54, 1.807) is 6.07 Å². The molecule has 0 aliphatic rings. The third-order valence-electron chi connectivity index (χ3n) is 3.28. The van der Waals surface area contributed by atoms with E-state index in [1.165, 1.54) is 0 Å². The summed E-state index contributed by atoms with van der Waals surface area (Å²) < 4.78 is 6.75. The Kier molecular flexibility index (Phi) is 6.85. The van der Waals surface area contributed by atoms with E-state index in [0.717, 1.165) is 21.4 Å². The van der Waals surface area contributed by atoms with Gasteiger partial charge in [0, 0.05) is 18.7 Å². The second-order valence-corrected chi connectivity index (χ2v) is 6.64. The minimum atomic E-state index is -0.0561. The summed E-state index contributed by atoms with van der Waals surface area (Å²) in [7, 11) is 3.96. The molecule has 0 aliphatic carbocycles. The molecule has 0 bridgehead atoms. The molecule has 2 rings (SSSR count). The molecule has 0 aliphatic heterocycles. The molecule has 23 heavy (non-hydrogen) atoms. The Balaban J connectivity index is 1.93. The molecule has 0 heterocycles. The Morgan fingerprint density at radius 1 is 1.17 bits per heavy atom. The fourth-order valence-corrected chi connectivity index (χ4v) is 2.66. The monoisotopic (exact) mass is 424 g/mol. The van der Waals surface area contributed by atoms with Crippen molar-refractivity contribution in [1.82, 2.24) is 10.2 Å². The van der Waals surface area contributed by atoms with Crippen molar-refractivity contribution >= 4 is 28.5 Å². The van der Waals surface area contributed by atoms with E-state index in [0.29, 0.717) is 18.7 Å². The largest absolute Gasteiger partial charge is 0.488 e. The first kappa shape index (κ1) is 17.7. The van der Waals surface area contributed by atoms with E-state index in [-0.39, 0.29) is 5.91 Å². The Labute approximate surface area is 151 Å². The molecule has 0 radical (unpaired) electrons. The van der Waals surface area contributed by atoms with Crippen molar-refractivity contribution in [3.05, 3.63) is 63.2 Å². The second kappa shape index (κ2) is 8.88. The third kappa shape index (κ3) is 5.84. The van der Waals surface area contributed by atoms with Gasteiger partial charge in [0.15, 0.2) is 0 Å². The number of nitrogens with zero attached hydrogens (tertiary/aromatic N) is 1. The van der Waals surface area contributed by atoms with Gasteiger partial charge in [-0.25, -0.2) is 0 Å². The van der Waals surface area contributed by atoms with Crippen LogP contribution in [0.25, 0.3) is 0 Å². The molecule has 2 aromatic rings. The molecule has 1 N–H and O–H groups in total. The summed E-state index contributed by atoms with van der Waals surface area (Å²) in [5, 5.41) is 2.91. The summed E-state index contributed by atoms with van der Waals surface area (Å²) >= 11 is 2.20. The Hall–Kier alpha value is -1.60. The van der Waals surface area contributed by atoms with Gasteiger partial charge in [-0.15, -0.1) is 0 Å². The van der Waals surface area contributed by atoms with Gasteiger partial charge in [0.25, 0.3) is 5.91 Å². The lowest BCUT2D eigenvalue weighted by molar-refractivity contribution is 0.0951. The zero-order valence-corrected chi connectivity index (χ0v) is 15.5. The van der Waals surface area contributed by atoms with Gasteiger partial charge in [-0.3, -0.25) is 4.79 Å². The van der Waals surface area contributed by atoms with Gasteiger partial charge in [0.05, 0.1) is 3.57 Å². The molecule has 4 nitrogen and oxygen atoms in total. The van der Waals surface area contributed by atoms with E-state index in [1.807, 2.05) is 61.5 Å². The van der Waals surface area contributed by atoms with Crippen LogP contribution in [0.1, 0.15) is 15.9 Å². The molecule has 0 saturated heterocycles. The minimum absolute atomic E-state index is 0.0561. The number of carbonyl (C=O) groups excluding carboxylic acids is 1. The minimum Gasteiger partial charge on any atom is -0.488 e. The highest BCUT2D eigenvalue weighted by Gasteiger charge is 2.09. The van der Waals surface area contributed by atoms with Crippen molar-refractivity contribution in [3.8, 4) is 5.75 Å². The van der Waals surface area contributed by atoms with Crippen molar-refractivity contribution in [2.45, 2.75) is 6.61 Å². The van der Waals surface area contributed by atoms with Gasteiger partial charge in [-0.05, 0) is 60.4 Å². The summed E-state index contributed by atoms with van der Waals surface area (Å²) in [6, 6.07) is 15.5. The standard InChI is InChI=1S/C18H21IN2O2/c1-21(2)11-10-20-18(22)15-8-9-17(16(19)12-15)23-13-14-6-4-3-5-7-14/h3-9,12H,10-11,13H2,1-2H3,(H,20,22). The van der Waals surface area contributed by atoms with Crippen LogP contribution in [0.3, 0.4) is 0 Å². The fraction of sp³-hybridized carbons (Fsp3) is 0.278. The van der Waals surface area contributed by atoms with Gasteiger partial charge in [-0.2, -0.15) is 0 Å². The molecule has 0 saturated carbocycles. The van der Waals surface area contributed by atoms with Crippen molar-refractivity contribution in [3.63, 3.8) is 0 Å². The number of halogens is 1. The first-order valence-corrected chi connectivity index (χ1v) is 8.53. The number of hydrogen-bond acceptors (Lipinski definition) is 3. The first-order chi connectivity index (χ1) is 11.1. The van der Waals surface area contributed by atoms with Crippen LogP contribution in [0.4, 0.5) is 0 Å². The zero-order chi connectivity index (χ0) is 16.7. The van der Waals surface area contributed by atoms with E-state index >= 15 is 0 Å². The lowest BCUT2D eigenvalue weighted by Crippen LogP contribution is -2.31. The maximum absolute atomic E-state index is 12.1. The van der Waals surface area contributed by atoms with Crippen molar-refractivity contribution < 1.29 is 9.53 Å². The summed E-state index contributed by atoms with van der Waals surface area (Å²) in [5.41, 5.74) is 1.77. The predicted molar refractivity (Wildman–Crippen MR) is 101 cm³/mol. The van der Waals surface area contributed by atoms with Gasteiger partial charge < -0.3 is 15.0 Å². The highest BCUT2D eigenvalue weighted by molar-refractivity contribution is 14.1. The zero-order valence-electron chi connectivity index (χ0n) is 13.4. The fourth-order valence-electron chi connectivity index (χ4n) is 1.99. The Morgan fingerprint density at radius 2 is 1.91 bits per heavy atom. The van der Waals surface area contributed by atoms with Crippen LogP contribution in [0.2, 0.25) is 0 Å². The first-order valence-electron chi connectivity index (χ1n) is 7.45. The maximum Gasteiger partial charge on any atom is 0.251 e. The van der Waals surface area contributed by atoms with E-state index in [4.69, 9.17) is 4.74 Å². The van der Waals surface area contributed by atoms with Crippen LogP contribution in [0.15, 0.2) is 48.5 Å². The molecular weight excluding hydrogens is 403 g/mol. The SMILES string of the molecule is CN(C)CCNC(=O)c1ccc(OCc2ccccc2)c(I)c1. The third-order valence-corrected chi connectivity index (χ3v) is 4.12. The number of benzene rings is 2. The van der Waals surface area contributed by atoms with Crippen molar-refractivity contribution in [2.75, 3.05) is 27.2 Å². The normalized spacial score (nSPS) is 10.6. The van der Waals surface area contributed by atoms with Crippen LogP contribution >= 0.6 is 22.6 Å². The van der Waals surface area contributed by atoms with Crippen molar-refractivity contribution in [1.29, 1.82) is 0 Å². The number of amides is 1. The summed E-state index contributed by atoms with van der Waals surface area (Å²) in [4.78, 5) is 14.1. The average molecular weight is 424 g/mol. The molecule has 122 valence electrons. The van der Waals surface area contributed by atoms with Gasteiger partial charge >= 0.3 is 0 Å². The molecule has 0 aromatic heterocycles. The van der Waals surface area contributed by atoms with Crippen LogP contribution < -0.4 is 10.1 Å². The number of ether oxygens (including phenoxy) is 1. The molecule has 0 fully saturated rings. The molecule has 1 amide bonds. The van der Waals surface area contributed by atoms with Crippen LogP contribution in [0, 0.1) is 3.57 Å². The molecule has 0 unspecified atom stereocenters. The van der Waals surface area contributed by atoms with Crippen LogP contribution in [-0.2, 0) is 6.61 Å². The summed E-state index contributed by atoms with van der Waals surface area (Å²) in [6.07, 6.45) is 0. The number of carbonyl (C=O) groups is 1. The Morgan fingerprint density at radius 3 is 2.57 bits per heavy atom. The van der Waals surface area contributed by atoms with Gasteiger partial charge in [-0.1, -0.05) is 30.3 Å². The number of rotatable bonds is 7. The highest BCUT2D eigenvalue weighted by atomic mass is 127. The predicted octanol–water partition coefficient (Wildman–Crippen LogP) is 3.16. The topological polar surface area (TPSA) is 41.6 Å². The maximum atomic E-state index is 12.1. The second-order valence-electron chi connectivity index (χ2n) is 5.48. The van der Waals surface area contributed by atoms with E-state index in [9.17, 15) is 4.79 Å². The van der Waals surface area contributed by atoms with Gasteiger partial charge in [0.1, 0.15) is 12.4 Å². The van der Waals surface area contributed by atoms with Crippen molar-refractivity contribution in [2.24, 2.45) is 0 Å². The van der Waals surface area contributed by atoms with E-state index < -0.39 is 0 Å². The number of likely N-dealkylation sites (N-methyl/N-ethyl adjacent to an activating group) is 1. The quantitative estimate of drug-likeness (QED) is 0.695.